The number of hydrogen-bond acceptors (Lipinski definition) is 1. The van der Waals surface area contributed by atoms with Crippen LogP contribution in [0.1, 0.15) is 77.0 Å². The molecule has 0 heterocycles. The van der Waals surface area contributed by atoms with Crippen LogP contribution in [0.3, 0.4) is 0 Å². The zero-order chi connectivity index (χ0) is 13.3. The summed E-state index contributed by atoms with van der Waals surface area (Å²) >= 11 is 1.88. The minimum atomic E-state index is 0.136. The van der Waals surface area contributed by atoms with Crippen molar-refractivity contribution in [2.45, 2.75) is 82.6 Å². The number of halogens is 1. The summed E-state index contributed by atoms with van der Waals surface area (Å²) in [6.07, 6.45) is 16.9. The Bertz CT molecular complexity index is 325. The van der Waals surface area contributed by atoms with E-state index in [9.17, 15) is 4.79 Å². The Morgan fingerprint density at radius 1 is 0.895 bits per heavy atom. The number of rotatable bonds is 2. The number of carbonyl (C=O) groups excluding carboxylic acids is 1. The Morgan fingerprint density at radius 3 is 1.84 bits per heavy atom. The minimum absolute atomic E-state index is 0.136. The van der Waals surface area contributed by atoms with Crippen molar-refractivity contribution in [1.29, 1.82) is 0 Å². The Labute approximate surface area is 130 Å². The van der Waals surface area contributed by atoms with Crippen molar-refractivity contribution < 1.29 is 4.79 Å². The Morgan fingerprint density at radius 2 is 1.37 bits per heavy atom. The molecule has 1 amide bonds. The third kappa shape index (κ3) is 2.81. The highest BCUT2D eigenvalue weighted by atomic mass is 127. The third-order valence-corrected chi connectivity index (χ3v) is 6.18. The van der Waals surface area contributed by atoms with Crippen LogP contribution in [0.15, 0.2) is 0 Å². The molecule has 3 heteroatoms. The van der Waals surface area contributed by atoms with Crippen molar-refractivity contribution >= 4 is 26.5 Å². The second kappa shape index (κ2) is 5.53. The van der Waals surface area contributed by atoms with Gasteiger partial charge in [-0.2, -0.15) is 0 Å². The van der Waals surface area contributed by atoms with Gasteiger partial charge in [0.2, 0.25) is 0 Å². The third-order valence-electron chi connectivity index (χ3n) is 5.91. The zero-order valence-corrected chi connectivity index (χ0v) is 14.0. The lowest BCUT2D eigenvalue weighted by Gasteiger charge is -2.73. The fourth-order valence-electron chi connectivity index (χ4n) is 5.06. The van der Waals surface area contributed by atoms with Crippen LogP contribution in [0.2, 0.25) is 0 Å². The molecule has 2 bridgehead atoms. The highest BCUT2D eigenvalue weighted by Gasteiger charge is 2.70. The van der Waals surface area contributed by atoms with E-state index in [1.165, 1.54) is 77.0 Å². The molecule has 0 atom stereocenters. The lowest BCUT2D eigenvalue weighted by molar-refractivity contribution is -0.187. The van der Waals surface area contributed by atoms with Gasteiger partial charge in [0.1, 0.15) is 0 Å². The van der Waals surface area contributed by atoms with Gasteiger partial charge in [-0.25, -0.2) is 0 Å². The Kier molecular flexibility index (Phi) is 4.12. The van der Waals surface area contributed by atoms with E-state index in [1.807, 2.05) is 22.6 Å². The van der Waals surface area contributed by atoms with E-state index in [-0.39, 0.29) is 9.45 Å². The lowest BCUT2D eigenvalue weighted by atomic mass is 9.35. The fraction of sp³-hybridized carbons (Fsp3) is 0.938. The normalized spacial score (nSPS) is 39.8. The predicted octanol–water partition coefficient (Wildman–Crippen LogP) is 5.19. The van der Waals surface area contributed by atoms with E-state index in [4.69, 9.17) is 0 Å². The van der Waals surface area contributed by atoms with Crippen LogP contribution in [-0.4, -0.2) is 9.45 Å². The number of amides is 1. The zero-order valence-electron chi connectivity index (χ0n) is 11.8. The van der Waals surface area contributed by atoms with Crippen molar-refractivity contribution in [3.63, 3.8) is 0 Å². The van der Waals surface area contributed by atoms with Crippen molar-refractivity contribution in [3.05, 3.63) is 0 Å². The quantitative estimate of drug-likeness (QED) is 0.402. The van der Waals surface area contributed by atoms with Crippen LogP contribution in [0, 0.1) is 11.3 Å². The molecule has 108 valence electrons. The van der Waals surface area contributed by atoms with Gasteiger partial charge in [-0.15, -0.1) is 0 Å². The fourth-order valence-corrected chi connectivity index (χ4v) is 5.63. The molecule has 0 radical (unpaired) electrons. The molecule has 0 aromatic rings. The van der Waals surface area contributed by atoms with Crippen LogP contribution in [0.5, 0.6) is 0 Å². The largest absolute Gasteiger partial charge is 0.342 e. The molecule has 4 rings (SSSR count). The topological polar surface area (TPSA) is 29.1 Å². The molecule has 4 fully saturated rings. The molecule has 1 N–H and O–H groups in total. The first-order valence-electron chi connectivity index (χ1n) is 8.12. The van der Waals surface area contributed by atoms with Gasteiger partial charge in [-0.1, -0.05) is 44.9 Å². The molecule has 4 aliphatic rings. The summed E-state index contributed by atoms with van der Waals surface area (Å²) in [5.74, 6) is 0.957. The van der Waals surface area contributed by atoms with Gasteiger partial charge < -0.3 is 5.32 Å². The van der Waals surface area contributed by atoms with Crippen LogP contribution >= 0.6 is 22.6 Å². The lowest BCUT2D eigenvalue weighted by Crippen LogP contribution is -2.76. The summed E-state index contributed by atoms with van der Waals surface area (Å²) < 4.78 is 0.136. The average Bonchev–Trinajstić information content (AvgIpc) is 2.29. The molecule has 0 spiro atoms. The highest BCUT2D eigenvalue weighted by Crippen LogP contribution is 2.72. The molecular weight excluding hydrogens is 349 g/mol. The average molecular weight is 375 g/mol. The highest BCUT2D eigenvalue weighted by molar-refractivity contribution is 14.1. The maximum atomic E-state index is 11.2. The second-order valence-electron chi connectivity index (χ2n) is 7.32. The number of carbonyl (C=O) groups is 1. The molecule has 4 saturated carbocycles. The standard InChI is InChI=1S/C16H26INO/c17-14(19)18-16-10-15(11-16,12-16)13-8-6-4-2-1-3-5-7-9-13/h13H,1-12H2,(H,18,19). The summed E-state index contributed by atoms with van der Waals surface area (Å²) in [5.41, 5.74) is 0.867. The molecule has 0 unspecified atom stereocenters. The molecule has 4 aliphatic carbocycles. The SMILES string of the molecule is O=C(I)NC12CC(C3CCCCCCCCC3)(C1)C2. The monoisotopic (exact) mass is 375 g/mol. The summed E-state index contributed by atoms with van der Waals surface area (Å²) in [4.78, 5) is 11.2. The van der Waals surface area contributed by atoms with E-state index in [0.29, 0.717) is 5.41 Å². The smallest absolute Gasteiger partial charge is 0.281 e. The second-order valence-corrected chi connectivity index (χ2v) is 8.30. The predicted molar refractivity (Wildman–Crippen MR) is 86.6 cm³/mol. The molecule has 0 aliphatic heterocycles. The van der Waals surface area contributed by atoms with Gasteiger partial charge in [0.05, 0.1) is 0 Å². The first kappa shape index (κ1) is 14.2. The number of hydrogen-bond donors (Lipinski definition) is 1. The van der Waals surface area contributed by atoms with E-state index < -0.39 is 0 Å². The summed E-state index contributed by atoms with van der Waals surface area (Å²) in [6, 6.07) is 0. The van der Waals surface area contributed by atoms with E-state index in [1.54, 1.807) is 0 Å². The molecular formula is C16H26INO. The van der Waals surface area contributed by atoms with E-state index in [0.717, 1.165) is 5.92 Å². The maximum Gasteiger partial charge on any atom is 0.281 e. The van der Waals surface area contributed by atoms with Gasteiger partial charge in [0.15, 0.2) is 0 Å². The molecule has 19 heavy (non-hydrogen) atoms. The molecule has 0 saturated heterocycles. The Hall–Kier alpha value is 0.200. The first-order valence-corrected chi connectivity index (χ1v) is 9.20. The van der Waals surface area contributed by atoms with Crippen LogP contribution in [-0.2, 0) is 0 Å². The minimum Gasteiger partial charge on any atom is -0.342 e. The van der Waals surface area contributed by atoms with Crippen molar-refractivity contribution in [2.24, 2.45) is 11.3 Å². The number of nitrogens with one attached hydrogen (secondary N) is 1. The van der Waals surface area contributed by atoms with E-state index in [2.05, 4.69) is 5.32 Å². The van der Waals surface area contributed by atoms with Gasteiger partial charge in [-0.3, -0.25) is 4.79 Å². The van der Waals surface area contributed by atoms with Crippen LogP contribution in [0.4, 0.5) is 4.79 Å². The van der Waals surface area contributed by atoms with Crippen LogP contribution in [0.25, 0.3) is 0 Å². The molecule has 0 aromatic carbocycles. The summed E-state index contributed by atoms with van der Waals surface area (Å²) in [6.45, 7) is 0. The van der Waals surface area contributed by atoms with E-state index >= 15 is 0 Å². The maximum absolute atomic E-state index is 11.2. The molecule has 2 nitrogen and oxygen atoms in total. The van der Waals surface area contributed by atoms with Crippen molar-refractivity contribution in [3.8, 4) is 0 Å². The van der Waals surface area contributed by atoms with Gasteiger partial charge in [0, 0.05) is 28.1 Å². The summed E-state index contributed by atoms with van der Waals surface area (Å²) in [5, 5.41) is 3.18. The van der Waals surface area contributed by atoms with Gasteiger partial charge in [0.25, 0.3) is 3.91 Å². The van der Waals surface area contributed by atoms with Crippen molar-refractivity contribution in [1.82, 2.24) is 5.32 Å². The van der Waals surface area contributed by atoms with Crippen LogP contribution < -0.4 is 5.32 Å². The Balaban J connectivity index is 1.53. The first-order chi connectivity index (χ1) is 9.14. The molecule has 0 aromatic heterocycles. The van der Waals surface area contributed by atoms with Crippen molar-refractivity contribution in [2.75, 3.05) is 0 Å². The van der Waals surface area contributed by atoms with Gasteiger partial charge >= 0.3 is 0 Å². The van der Waals surface area contributed by atoms with Gasteiger partial charge in [-0.05, 0) is 43.4 Å². The summed E-state index contributed by atoms with van der Waals surface area (Å²) in [7, 11) is 0.